The number of hydrogen-bond donors (Lipinski definition) is 2. The highest BCUT2D eigenvalue weighted by atomic mass is 15.0. The molecule has 0 unspecified atom stereocenters. The van der Waals surface area contributed by atoms with Crippen LogP contribution in [0.15, 0.2) is 30.9 Å². The van der Waals surface area contributed by atoms with E-state index in [2.05, 4.69) is 15.0 Å². The minimum absolute atomic E-state index is 0.532. The van der Waals surface area contributed by atoms with E-state index in [1.54, 1.807) is 18.2 Å². The fourth-order valence-corrected chi connectivity index (χ4v) is 1.15. The van der Waals surface area contributed by atoms with E-state index in [4.69, 9.17) is 11.5 Å². The van der Waals surface area contributed by atoms with E-state index >= 15 is 0 Å². The van der Waals surface area contributed by atoms with Crippen LogP contribution < -0.4 is 11.5 Å². The van der Waals surface area contributed by atoms with Crippen molar-refractivity contribution in [3.8, 4) is 11.4 Å². The third kappa shape index (κ3) is 1.47. The van der Waals surface area contributed by atoms with Gasteiger partial charge in [-0.2, -0.15) is 0 Å². The predicted molar refractivity (Wildman–Crippen MR) is 54.1 cm³/mol. The number of nitrogens with two attached hydrogens (primary N) is 2. The maximum absolute atomic E-state index is 5.77. The molecule has 0 fully saturated rings. The van der Waals surface area contributed by atoms with Crippen LogP contribution in [0.3, 0.4) is 0 Å². The average molecular weight is 187 g/mol. The number of hydrogen-bond acceptors (Lipinski definition) is 5. The average Bonchev–Trinajstić information content (AvgIpc) is 2.23. The second-order valence-electron chi connectivity index (χ2n) is 2.81. The molecular formula is C9H9N5. The van der Waals surface area contributed by atoms with Crippen LogP contribution in [0.4, 0.5) is 11.4 Å². The van der Waals surface area contributed by atoms with Gasteiger partial charge in [0.15, 0.2) is 5.82 Å². The molecule has 0 aliphatic carbocycles. The Labute approximate surface area is 80.8 Å². The molecule has 5 nitrogen and oxygen atoms in total. The van der Waals surface area contributed by atoms with Gasteiger partial charge in [-0.05, 0) is 18.2 Å². The van der Waals surface area contributed by atoms with Crippen molar-refractivity contribution in [2.45, 2.75) is 0 Å². The van der Waals surface area contributed by atoms with Crippen LogP contribution in [0.5, 0.6) is 0 Å². The Morgan fingerprint density at radius 2 is 1.71 bits per heavy atom. The zero-order valence-corrected chi connectivity index (χ0v) is 7.38. The van der Waals surface area contributed by atoms with Gasteiger partial charge in [-0.25, -0.2) is 15.0 Å². The van der Waals surface area contributed by atoms with Crippen LogP contribution in [0.25, 0.3) is 11.4 Å². The first-order chi connectivity index (χ1) is 6.77. The summed E-state index contributed by atoms with van der Waals surface area (Å²) in [6.45, 7) is 0. The van der Waals surface area contributed by atoms with E-state index < -0.39 is 0 Å². The van der Waals surface area contributed by atoms with Gasteiger partial charge < -0.3 is 11.5 Å². The molecule has 0 aliphatic heterocycles. The van der Waals surface area contributed by atoms with E-state index in [-0.39, 0.29) is 0 Å². The Morgan fingerprint density at radius 1 is 1.00 bits per heavy atom. The molecule has 1 aromatic carbocycles. The molecular weight excluding hydrogens is 178 g/mol. The molecule has 2 aromatic rings. The molecule has 0 radical (unpaired) electrons. The number of anilines is 2. The third-order valence-electron chi connectivity index (χ3n) is 1.81. The van der Waals surface area contributed by atoms with Gasteiger partial charge in [-0.1, -0.05) is 0 Å². The van der Waals surface area contributed by atoms with E-state index in [0.29, 0.717) is 17.2 Å². The van der Waals surface area contributed by atoms with Gasteiger partial charge in [0, 0.05) is 16.9 Å². The summed E-state index contributed by atoms with van der Waals surface area (Å²) in [5.41, 5.74) is 13.4. The summed E-state index contributed by atoms with van der Waals surface area (Å²) in [6.07, 6.45) is 2.84. The summed E-state index contributed by atoms with van der Waals surface area (Å²) in [6, 6.07) is 5.21. The van der Waals surface area contributed by atoms with Crippen molar-refractivity contribution in [3.05, 3.63) is 30.9 Å². The van der Waals surface area contributed by atoms with E-state index in [1.165, 1.54) is 12.7 Å². The topological polar surface area (TPSA) is 90.7 Å². The monoisotopic (exact) mass is 187 g/mol. The van der Waals surface area contributed by atoms with Crippen LogP contribution in [0, 0.1) is 0 Å². The van der Waals surface area contributed by atoms with E-state index in [9.17, 15) is 0 Å². The molecule has 0 spiro atoms. The molecule has 14 heavy (non-hydrogen) atoms. The van der Waals surface area contributed by atoms with Gasteiger partial charge >= 0.3 is 0 Å². The highest BCUT2D eigenvalue weighted by Crippen LogP contribution is 2.23. The van der Waals surface area contributed by atoms with Crippen molar-refractivity contribution in [2.24, 2.45) is 0 Å². The van der Waals surface area contributed by atoms with Gasteiger partial charge in [0.1, 0.15) is 12.7 Å². The van der Waals surface area contributed by atoms with Crippen LogP contribution in [0.2, 0.25) is 0 Å². The molecule has 5 heteroatoms. The van der Waals surface area contributed by atoms with Crippen molar-refractivity contribution in [1.29, 1.82) is 0 Å². The zero-order chi connectivity index (χ0) is 9.97. The van der Waals surface area contributed by atoms with E-state index in [1.807, 2.05) is 0 Å². The smallest absolute Gasteiger partial charge is 0.164 e. The molecule has 0 saturated carbocycles. The normalized spacial score (nSPS) is 10.0. The SMILES string of the molecule is Nc1ccc(N)c(-c2ncncn2)c1. The highest BCUT2D eigenvalue weighted by Gasteiger charge is 2.04. The van der Waals surface area contributed by atoms with Crippen molar-refractivity contribution in [1.82, 2.24) is 15.0 Å². The van der Waals surface area contributed by atoms with Gasteiger partial charge in [-0.3, -0.25) is 0 Å². The van der Waals surface area contributed by atoms with Crippen LogP contribution in [-0.2, 0) is 0 Å². The van der Waals surface area contributed by atoms with E-state index in [0.717, 1.165) is 5.56 Å². The lowest BCUT2D eigenvalue weighted by molar-refractivity contribution is 1.06. The van der Waals surface area contributed by atoms with Crippen molar-refractivity contribution >= 4 is 11.4 Å². The Morgan fingerprint density at radius 3 is 2.43 bits per heavy atom. The first-order valence-electron chi connectivity index (χ1n) is 4.05. The van der Waals surface area contributed by atoms with Crippen molar-refractivity contribution < 1.29 is 0 Å². The lowest BCUT2D eigenvalue weighted by atomic mass is 10.1. The molecule has 0 atom stereocenters. The number of nitrogens with zero attached hydrogens (tertiary/aromatic N) is 3. The maximum Gasteiger partial charge on any atom is 0.164 e. The molecule has 70 valence electrons. The van der Waals surface area contributed by atoms with Crippen molar-refractivity contribution in [3.63, 3.8) is 0 Å². The number of rotatable bonds is 1. The van der Waals surface area contributed by atoms with Crippen LogP contribution >= 0.6 is 0 Å². The molecule has 0 aliphatic rings. The molecule has 1 aromatic heterocycles. The Bertz CT molecular complexity index is 440. The highest BCUT2D eigenvalue weighted by molar-refractivity contribution is 5.74. The third-order valence-corrected chi connectivity index (χ3v) is 1.81. The minimum atomic E-state index is 0.532. The summed E-state index contributed by atoms with van der Waals surface area (Å²) in [7, 11) is 0. The summed E-state index contributed by atoms with van der Waals surface area (Å²) < 4.78 is 0. The lowest BCUT2D eigenvalue weighted by Crippen LogP contribution is -1.96. The second-order valence-corrected chi connectivity index (χ2v) is 2.81. The van der Waals surface area contributed by atoms with Gasteiger partial charge in [0.2, 0.25) is 0 Å². The van der Waals surface area contributed by atoms with Crippen molar-refractivity contribution in [2.75, 3.05) is 11.5 Å². The number of nitrogen functional groups attached to an aromatic ring is 2. The van der Waals surface area contributed by atoms with Gasteiger partial charge in [0.05, 0.1) is 0 Å². The van der Waals surface area contributed by atoms with Crippen LogP contribution in [0.1, 0.15) is 0 Å². The maximum atomic E-state index is 5.77. The molecule has 4 N–H and O–H groups in total. The van der Waals surface area contributed by atoms with Gasteiger partial charge in [0.25, 0.3) is 0 Å². The molecule has 0 bridgehead atoms. The minimum Gasteiger partial charge on any atom is -0.399 e. The molecule has 1 heterocycles. The fraction of sp³-hybridized carbons (Fsp3) is 0. The van der Waals surface area contributed by atoms with Crippen LogP contribution in [-0.4, -0.2) is 15.0 Å². The van der Waals surface area contributed by atoms with Gasteiger partial charge in [-0.15, -0.1) is 0 Å². The molecule has 0 saturated heterocycles. The number of benzene rings is 1. The summed E-state index contributed by atoms with van der Waals surface area (Å²) in [5, 5.41) is 0. The molecule has 0 amide bonds. The largest absolute Gasteiger partial charge is 0.399 e. The zero-order valence-electron chi connectivity index (χ0n) is 7.38. The predicted octanol–water partition coefficient (Wildman–Crippen LogP) is 0.703. The standard InChI is InChI=1S/C9H9N5/c10-6-1-2-8(11)7(3-6)9-13-4-12-5-14-9/h1-5H,10-11H2. The molecule has 2 rings (SSSR count). The second kappa shape index (κ2) is 3.29. The first-order valence-corrected chi connectivity index (χ1v) is 4.05. The summed E-state index contributed by atoms with van der Waals surface area (Å²) >= 11 is 0. The quantitative estimate of drug-likeness (QED) is 0.641. The lowest BCUT2D eigenvalue weighted by Gasteiger charge is -2.03. The Hall–Kier alpha value is -2.17. The first kappa shape index (κ1) is 8.43. The Kier molecular flexibility index (Phi) is 1.98. The number of aromatic nitrogens is 3. The Balaban J connectivity index is 2.57. The summed E-state index contributed by atoms with van der Waals surface area (Å²) in [4.78, 5) is 11.7. The fourth-order valence-electron chi connectivity index (χ4n) is 1.15. The summed E-state index contributed by atoms with van der Waals surface area (Å²) in [5.74, 6) is 0.532.